The SMILES string of the molecule is CCNCCCC(C)n1cnc(C)c1C. The van der Waals surface area contributed by atoms with Gasteiger partial charge in [-0.1, -0.05) is 6.92 Å². The van der Waals surface area contributed by atoms with Crippen molar-refractivity contribution in [1.29, 1.82) is 0 Å². The van der Waals surface area contributed by atoms with Crippen LogP contribution in [0.25, 0.3) is 0 Å². The Labute approximate surface area is 92.9 Å². The summed E-state index contributed by atoms with van der Waals surface area (Å²) in [5.41, 5.74) is 2.44. The van der Waals surface area contributed by atoms with Crippen LogP contribution in [0.1, 0.15) is 44.1 Å². The van der Waals surface area contributed by atoms with Gasteiger partial charge in [-0.2, -0.15) is 0 Å². The van der Waals surface area contributed by atoms with E-state index in [4.69, 9.17) is 0 Å². The molecule has 0 aliphatic rings. The smallest absolute Gasteiger partial charge is 0.0953 e. The Balaban J connectivity index is 2.40. The van der Waals surface area contributed by atoms with Gasteiger partial charge in [-0.05, 0) is 46.7 Å². The standard InChI is InChI=1S/C12H23N3/c1-5-13-8-6-7-10(2)15-9-14-11(3)12(15)4/h9-10,13H,5-8H2,1-4H3. The Bertz CT molecular complexity index is 291. The Morgan fingerprint density at radius 1 is 1.47 bits per heavy atom. The normalized spacial score (nSPS) is 13.1. The van der Waals surface area contributed by atoms with Crippen LogP contribution in [0.15, 0.2) is 6.33 Å². The predicted molar refractivity (Wildman–Crippen MR) is 64.2 cm³/mol. The Morgan fingerprint density at radius 3 is 2.73 bits per heavy atom. The molecule has 0 radical (unpaired) electrons. The number of aryl methyl sites for hydroxylation is 1. The second-order valence-electron chi connectivity index (χ2n) is 4.17. The monoisotopic (exact) mass is 209 g/mol. The first kappa shape index (κ1) is 12.2. The van der Waals surface area contributed by atoms with Crippen LogP contribution in [-0.2, 0) is 0 Å². The highest BCUT2D eigenvalue weighted by molar-refractivity contribution is 5.09. The zero-order valence-corrected chi connectivity index (χ0v) is 10.4. The van der Waals surface area contributed by atoms with Crippen LogP contribution >= 0.6 is 0 Å². The first-order valence-corrected chi connectivity index (χ1v) is 5.87. The minimum absolute atomic E-state index is 0.560. The molecule has 0 aromatic carbocycles. The molecule has 3 heteroatoms. The number of imidazole rings is 1. The molecule has 15 heavy (non-hydrogen) atoms. The third-order valence-corrected chi connectivity index (χ3v) is 2.99. The highest BCUT2D eigenvalue weighted by Gasteiger charge is 2.08. The first-order valence-electron chi connectivity index (χ1n) is 5.87. The highest BCUT2D eigenvalue weighted by atomic mass is 15.1. The van der Waals surface area contributed by atoms with Crippen molar-refractivity contribution in [1.82, 2.24) is 14.9 Å². The van der Waals surface area contributed by atoms with E-state index >= 15 is 0 Å². The minimum atomic E-state index is 0.560. The Hall–Kier alpha value is -0.830. The van der Waals surface area contributed by atoms with Crippen LogP contribution in [0.5, 0.6) is 0 Å². The Morgan fingerprint density at radius 2 is 2.20 bits per heavy atom. The number of rotatable bonds is 6. The van der Waals surface area contributed by atoms with Gasteiger partial charge in [-0.25, -0.2) is 4.98 Å². The molecule has 86 valence electrons. The van der Waals surface area contributed by atoms with E-state index in [1.54, 1.807) is 0 Å². The fraction of sp³-hybridized carbons (Fsp3) is 0.750. The summed E-state index contributed by atoms with van der Waals surface area (Å²) in [5.74, 6) is 0. The molecule has 1 aromatic rings. The molecule has 1 rings (SSSR count). The van der Waals surface area contributed by atoms with Crippen molar-refractivity contribution in [2.75, 3.05) is 13.1 Å². The molecule has 1 aromatic heterocycles. The topological polar surface area (TPSA) is 29.9 Å². The van der Waals surface area contributed by atoms with E-state index < -0.39 is 0 Å². The molecule has 0 spiro atoms. The second-order valence-corrected chi connectivity index (χ2v) is 4.17. The summed E-state index contributed by atoms with van der Waals surface area (Å²) >= 11 is 0. The van der Waals surface area contributed by atoms with Gasteiger partial charge in [0, 0.05) is 11.7 Å². The average molecular weight is 209 g/mol. The molecule has 1 heterocycles. The fourth-order valence-electron chi connectivity index (χ4n) is 1.80. The van der Waals surface area contributed by atoms with Gasteiger partial charge in [0.1, 0.15) is 0 Å². The quantitative estimate of drug-likeness (QED) is 0.729. The van der Waals surface area contributed by atoms with E-state index in [9.17, 15) is 0 Å². The molecule has 0 bridgehead atoms. The van der Waals surface area contributed by atoms with Gasteiger partial charge in [0.25, 0.3) is 0 Å². The summed E-state index contributed by atoms with van der Waals surface area (Å²) in [4.78, 5) is 4.33. The average Bonchev–Trinajstić information content (AvgIpc) is 2.55. The molecule has 0 saturated heterocycles. The van der Waals surface area contributed by atoms with E-state index in [1.807, 2.05) is 6.33 Å². The molecular weight excluding hydrogens is 186 g/mol. The Kier molecular flexibility index (Phi) is 4.82. The van der Waals surface area contributed by atoms with Crippen molar-refractivity contribution in [3.63, 3.8) is 0 Å². The lowest BCUT2D eigenvalue weighted by Gasteiger charge is -2.15. The van der Waals surface area contributed by atoms with E-state index in [0.717, 1.165) is 18.8 Å². The van der Waals surface area contributed by atoms with Gasteiger partial charge < -0.3 is 9.88 Å². The van der Waals surface area contributed by atoms with Gasteiger partial charge in [-0.15, -0.1) is 0 Å². The van der Waals surface area contributed by atoms with Crippen LogP contribution in [0.3, 0.4) is 0 Å². The van der Waals surface area contributed by atoms with Crippen LogP contribution in [0, 0.1) is 13.8 Å². The van der Waals surface area contributed by atoms with Crippen LogP contribution in [0.2, 0.25) is 0 Å². The molecule has 0 aliphatic carbocycles. The van der Waals surface area contributed by atoms with E-state index in [2.05, 4.69) is 42.6 Å². The molecular formula is C12H23N3. The van der Waals surface area contributed by atoms with Crippen molar-refractivity contribution in [3.8, 4) is 0 Å². The number of hydrogen-bond donors (Lipinski definition) is 1. The van der Waals surface area contributed by atoms with Gasteiger partial charge in [0.2, 0.25) is 0 Å². The van der Waals surface area contributed by atoms with Gasteiger partial charge in [0.15, 0.2) is 0 Å². The van der Waals surface area contributed by atoms with Crippen molar-refractivity contribution in [2.24, 2.45) is 0 Å². The molecule has 0 saturated carbocycles. The molecule has 0 aliphatic heterocycles. The van der Waals surface area contributed by atoms with E-state index in [-0.39, 0.29) is 0 Å². The van der Waals surface area contributed by atoms with Crippen LogP contribution in [0.4, 0.5) is 0 Å². The predicted octanol–water partition coefficient (Wildman–Crippen LogP) is 2.45. The molecule has 1 unspecified atom stereocenters. The van der Waals surface area contributed by atoms with Crippen molar-refractivity contribution >= 4 is 0 Å². The largest absolute Gasteiger partial charge is 0.332 e. The maximum absolute atomic E-state index is 4.33. The lowest BCUT2D eigenvalue weighted by molar-refractivity contribution is 0.471. The fourth-order valence-corrected chi connectivity index (χ4v) is 1.80. The molecule has 0 amide bonds. The van der Waals surface area contributed by atoms with E-state index in [0.29, 0.717) is 6.04 Å². The molecule has 0 fully saturated rings. The summed E-state index contributed by atoms with van der Waals surface area (Å²) in [6.45, 7) is 10.8. The summed E-state index contributed by atoms with van der Waals surface area (Å²) in [5, 5.41) is 3.35. The first-order chi connectivity index (χ1) is 7.16. The van der Waals surface area contributed by atoms with Gasteiger partial charge >= 0.3 is 0 Å². The summed E-state index contributed by atoms with van der Waals surface area (Å²) < 4.78 is 2.28. The highest BCUT2D eigenvalue weighted by Crippen LogP contribution is 2.16. The summed E-state index contributed by atoms with van der Waals surface area (Å²) in [6.07, 6.45) is 4.40. The van der Waals surface area contributed by atoms with Crippen LogP contribution in [-0.4, -0.2) is 22.6 Å². The van der Waals surface area contributed by atoms with Gasteiger partial charge in [-0.3, -0.25) is 0 Å². The van der Waals surface area contributed by atoms with Crippen molar-refractivity contribution < 1.29 is 0 Å². The minimum Gasteiger partial charge on any atom is -0.332 e. The van der Waals surface area contributed by atoms with Crippen LogP contribution < -0.4 is 5.32 Å². The zero-order valence-electron chi connectivity index (χ0n) is 10.4. The third-order valence-electron chi connectivity index (χ3n) is 2.99. The summed E-state index contributed by atoms with van der Waals surface area (Å²) in [7, 11) is 0. The number of aromatic nitrogens is 2. The third kappa shape index (κ3) is 3.34. The van der Waals surface area contributed by atoms with Crippen molar-refractivity contribution in [2.45, 2.75) is 46.6 Å². The number of nitrogens with one attached hydrogen (secondary N) is 1. The maximum atomic E-state index is 4.33. The lowest BCUT2D eigenvalue weighted by atomic mass is 10.1. The van der Waals surface area contributed by atoms with Crippen molar-refractivity contribution in [3.05, 3.63) is 17.7 Å². The summed E-state index contributed by atoms with van der Waals surface area (Å²) in [6, 6.07) is 0.560. The van der Waals surface area contributed by atoms with Gasteiger partial charge in [0.05, 0.1) is 12.0 Å². The lowest BCUT2D eigenvalue weighted by Crippen LogP contribution is -2.15. The molecule has 1 N–H and O–H groups in total. The molecule has 1 atom stereocenters. The molecule has 3 nitrogen and oxygen atoms in total. The zero-order chi connectivity index (χ0) is 11.3. The second kappa shape index (κ2) is 5.91. The van der Waals surface area contributed by atoms with E-state index in [1.165, 1.54) is 18.5 Å². The maximum Gasteiger partial charge on any atom is 0.0953 e. The number of nitrogens with zero attached hydrogens (tertiary/aromatic N) is 2. The number of hydrogen-bond acceptors (Lipinski definition) is 2.